The van der Waals surface area contributed by atoms with Gasteiger partial charge in [0.2, 0.25) is 15.9 Å². The van der Waals surface area contributed by atoms with Gasteiger partial charge in [-0.05, 0) is 53.9 Å². The van der Waals surface area contributed by atoms with E-state index < -0.39 is 10.0 Å². The van der Waals surface area contributed by atoms with Gasteiger partial charge in [-0.25, -0.2) is 13.1 Å². The molecule has 0 aromatic heterocycles. The Morgan fingerprint density at radius 3 is 2.45 bits per heavy atom. The van der Waals surface area contributed by atoms with Gasteiger partial charge < -0.3 is 5.32 Å². The van der Waals surface area contributed by atoms with Crippen molar-refractivity contribution >= 4 is 44.2 Å². The Balaban J connectivity index is 2.32. The van der Waals surface area contributed by atoms with Crippen molar-refractivity contribution in [2.24, 2.45) is 0 Å². The van der Waals surface area contributed by atoms with Gasteiger partial charge in [0.05, 0.1) is 12.8 Å². The summed E-state index contributed by atoms with van der Waals surface area (Å²) in [6.45, 7) is 0.955. The number of sulfonamides is 1. The van der Waals surface area contributed by atoms with Crippen LogP contribution in [0.4, 0.5) is 5.69 Å². The van der Waals surface area contributed by atoms with Crippen molar-refractivity contribution in [1.82, 2.24) is 9.62 Å². The zero-order valence-corrected chi connectivity index (χ0v) is 14.4. The molecule has 112 valence electrons. The number of anilines is 1. The number of halogens is 1. The van der Waals surface area contributed by atoms with E-state index in [0.29, 0.717) is 6.54 Å². The lowest BCUT2D eigenvalue weighted by Gasteiger charge is -2.16. The molecule has 1 rings (SSSR count). The minimum atomic E-state index is -3.18. The van der Waals surface area contributed by atoms with E-state index in [2.05, 4.69) is 32.6 Å². The lowest BCUT2D eigenvalue weighted by atomic mass is 10.3. The highest BCUT2D eigenvalue weighted by Crippen LogP contribution is 2.10. The molecule has 1 aromatic rings. The monoisotopic (exact) mass is 411 g/mol. The summed E-state index contributed by atoms with van der Waals surface area (Å²) >= 11 is 2.19. The average Bonchev–Trinajstić information content (AvgIpc) is 2.30. The van der Waals surface area contributed by atoms with Crippen LogP contribution in [0.15, 0.2) is 24.3 Å². The predicted octanol–water partition coefficient (Wildman–Crippen LogP) is 0.711. The van der Waals surface area contributed by atoms with E-state index >= 15 is 0 Å². The van der Waals surface area contributed by atoms with Gasteiger partial charge in [-0.2, -0.15) is 0 Å². The summed E-state index contributed by atoms with van der Waals surface area (Å²) in [5.41, 5.74) is 0.748. The summed E-state index contributed by atoms with van der Waals surface area (Å²) in [7, 11) is -1.42. The Bertz CT molecular complexity index is 546. The number of benzene rings is 1. The molecule has 0 saturated heterocycles. The smallest absolute Gasteiger partial charge is 0.238 e. The lowest BCUT2D eigenvalue weighted by molar-refractivity contribution is -0.117. The topological polar surface area (TPSA) is 78.5 Å². The van der Waals surface area contributed by atoms with Crippen molar-refractivity contribution in [3.8, 4) is 0 Å². The van der Waals surface area contributed by atoms with Crippen molar-refractivity contribution in [2.45, 2.75) is 0 Å². The maximum atomic E-state index is 11.8. The highest BCUT2D eigenvalue weighted by molar-refractivity contribution is 14.1. The van der Waals surface area contributed by atoms with Crippen molar-refractivity contribution in [2.75, 3.05) is 38.3 Å². The van der Waals surface area contributed by atoms with E-state index in [9.17, 15) is 13.2 Å². The number of likely N-dealkylation sites (N-methyl/N-ethyl adjacent to an activating group) is 1. The lowest BCUT2D eigenvalue weighted by Crippen LogP contribution is -2.36. The number of hydrogen-bond donors (Lipinski definition) is 2. The molecule has 1 amide bonds. The summed E-state index contributed by atoms with van der Waals surface area (Å²) in [5, 5.41) is 2.78. The second-order valence-electron chi connectivity index (χ2n) is 4.46. The van der Waals surface area contributed by atoms with Crippen molar-refractivity contribution < 1.29 is 13.2 Å². The first-order valence-electron chi connectivity index (χ1n) is 5.95. The molecule has 0 unspecified atom stereocenters. The maximum Gasteiger partial charge on any atom is 0.238 e. The van der Waals surface area contributed by atoms with E-state index in [1.807, 2.05) is 24.3 Å². The quantitative estimate of drug-likeness (QED) is 0.648. The van der Waals surface area contributed by atoms with Crippen LogP contribution in [0.2, 0.25) is 0 Å². The molecule has 0 aliphatic rings. The van der Waals surface area contributed by atoms with Gasteiger partial charge in [-0.15, -0.1) is 0 Å². The maximum absolute atomic E-state index is 11.8. The van der Waals surface area contributed by atoms with Crippen LogP contribution >= 0.6 is 22.6 Å². The Morgan fingerprint density at radius 2 is 1.90 bits per heavy atom. The number of amides is 1. The van der Waals surface area contributed by atoms with Crippen LogP contribution in [0.5, 0.6) is 0 Å². The molecule has 0 saturated carbocycles. The van der Waals surface area contributed by atoms with E-state index in [-0.39, 0.29) is 19.0 Å². The van der Waals surface area contributed by atoms with E-state index in [1.165, 1.54) is 0 Å². The number of nitrogens with one attached hydrogen (secondary N) is 2. The standard InChI is InChI=1S/C12H18IN3O3S/c1-16(8-7-14-20(2,18)19)9-12(17)15-11-5-3-10(13)4-6-11/h3-6,14H,7-9H2,1-2H3,(H,15,17). The zero-order chi connectivity index (χ0) is 15.2. The van der Waals surface area contributed by atoms with Crippen LogP contribution in [0.1, 0.15) is 0 Å². The van der Waals surface area contributed by atoms with Gasteiger partial charge in [0, 0.05) is 22.3 Å². The summed E-state index contributed by atoms with van der Waals surface area (Å²) in [4.78, 5) is 13.5. The van der Waals surface area contributed by atoms with E-state index in [0.717, 1.165) is 15.5 Å². The fraction of sp³-hybridized carbons (Fsp3) is 0.417. The number of nitrogens with zero attached hydrogens (tertiary/aromatic N) is 1. The molecule has 0 spiro atoms. The van der Waals surface area contributed by atoms with Gasteiger partial charge >= 0.3 is 0 Å². The third kappa shape index (κ3) is 7.78. The molecule has 0 heterocycles. The Labute approximate surface area is 133 Å². The van der Waals surface area contributed by atoms with Crippen molar-refractivity contribution in [3.63, 3.8) is 0 Å². The highest BCUT2D eigenvalue weighted by atomic mass is 127. The van der Waals surface area contributed by atoms with Crippen LogP contribution in [-0.2, 0) is 14.8 Å². The zero-order valence-electron chi connectivity index (χ0n) is 11.4. The molecule has 0 atom stereocenters. The molecule has 0 bridgehead atoms. The first kappa shape index (κ1) is 17.3. The second kappa shape index (κ2) is 7.91. The van der Waals surface area contributed by atoms with Gasteiger partial charge in [0.25, 0.3) is 0 Å². The molecule has 20 heavy (non-hydrogen) atoms. The summed E-state index contributed by atoms with van der Waals surface area (Å²) < 4.78 is 25.3. The average molecular weight is 411 g/mol. The van der Waals surface area contributed by atoms with Gasteiger partial charge in [-0.1, -0.05) is 0 Å². The highest BCUT2D eigenvalue weighted by Gasteiger charge is 2.08. The third-order valence-electron chi connectivity index (χ3n) is 2.40. The first-order chi connectivity index (χ1) is 9.26. The fourth-order valence-corrected chi connectivity index (χ4v) is 2.30. The van der Waals surface area contributed by atoms with Gasteiger partial charge in [0.1, 0.15) is 0 Å². The number of carbonyl (C=O) groups is 1. The SMILES string of the molecule is CN(CCNS(C)(=O)=O)CC(=O)Nc1ccc(I)cc1. The van der Waals surface area contributed by atoms with Crippen molar-refractivity contribution in [1.29, 1.82) is 0 Å². The molecule has 0 radical (unpaired) electrons. The molecular weight excluding hydrogens is 393 g/mol. The number of hydrogen-bond acceptors (Lipinski definition) is 4. The van der Waals surface area contributed by atoms with Crippen LogP contribution in [0, 0.1) is 3.57 Å². The van der Waals surface area contributed by atoms with Crippen molar-refractivity contribution in [3.05, 3.63) is 27.8 Å². The molecule has 1 aromatic carbocycles. The van der Waals surface area contributed by atoms with E-state index in [1.54, 1.807) is 11.9 Å². The Hall–Kier alpha value is -0.710. The minimum Gasteiger partial charge on any atom is -0.325 e. The van der Waals surface area contributed by atoms with Gasteiger partial charge in [-0.3, -0.25) is 9.69 Å². The summed E-state index contributed by atoms with van der Waals surface area (Å²) in [6, 6.07) is 7.50. The molecule has 6 nitrogen and oxygen atoms in total. The normalized spacial score (nSPS) is 11.6. The Kier molecular flexibility index (Phi) is 6.86. The molecular formula is C12H18IN3O3S. The summed E-state index contributed by atoms with van der Waals surface area (Å²) in [5.74, 6) is -0.131. The molecule has 0 fully saturated rings. The largest absolute Gasteiger partial charge is 0.325 e. The minimum absolute atomic E-state index is 0.131. The second-order valence-corrected chi connectivity index (χ2v) is 7.54. The number of carbonyl (C=O) groups excluding carboxylic acids is 1. The molecule has 2 N–H and O–H groups in total. The van der Waals surface area contributed by atoms with Crippen LogP contribution in [-0.4, -0.2) is 52.2 Å². The fourth-order valence-electron chi connectivity index (χ4n) is 1.48. The Morgan fingerprint density at radius 1 is 1.30 bits per heavy atom. The predicted molar refractivity (Wildman–Crippen MR) is 88.1 cm³/mol. The molecule has 8 heteroatoms. The molecule has 0 aliphatic carbocycles. The first-order valence-corrected chi connectivity index (χ1v) is 8.92. The number of rotatable bonds is 7. The van der Waals surface area contributed by atoms with Crippen LogP contribution < -0.4 is 10.0 Å². The third-order valence-corrected chi connectivity index (χ3v) is 3.85. The van der Waals surface area contributed by atoms with E-state index in [4.69, 9.17) is 0 Å². The molecule has 0 aliphatic heterocycles. The van der Waals surface area contributed by atoms with Gasteiger partial charge in [0.15, 0.2) is 0 Å². The summed E-state index contributed by atoms with van der Waals surface area (Å²) in [6.07, 6.45) is 1.11. The van der Waals surface area contributed by atoms with Crippen LogP contribution in [0.3, 0.4) is 0 Å². The van der Waals surface area contributed by atoms with Crippen LogP contribution in [0.25, 0.3) is 0 Å².